The zero-order valence-corrected chi connectivity index (χ0v) is 29.1. The average Bonchev–Trinajstić information content (AvgIpc) is 3.11. The summed E-state index contributed by atoms with van der Waals surface area (Å²) in [6.07, 6.45) is -3.40. The van der Waals surface area contributed by atoms with Crippen molar-refractivity contribution in [2.45, 2.75) is 99.9 Å². The van der Waals surface area contributed by atoms with Crippen molar-refractivity contribution in [2.24, 2.45) is 0 Å². The molecule has 0 N–H and O–H groups in total. The van der Waals surface area contributed by atoms with Crippen molar-refractivity contribution in [3.05, 3.63) is 44.8 Å². The maximum absolute atomic E-state index is 15.4. The number of rotatable bonds is 3. The molecule has 0 aliphatic heterocycles. The molecule has 1 aromatic carbocycles. The maximum atomic E-state index is 15.4. The number of carbonyl (C=O) groups excluding carboxylic acids is 3. The molecule has 13 heteroatoms. The zero-order valence-electron chi connectivity index (χ0n) is 27.6. The summed E-state index contributed by atoms with van der Waals surface area (Å²) in [6, 6.07) is 4.89. The van der Waals surface area contributed by atoms with Gasteiger partial charge in [-0.2, -0.15) is 10.2 Å². The minimum Gasteiger partial charge on any atom is -0.443 e. The lowest BCUT2D eigenvalue weighted by Crippen LogP contribution is -2.45. The molecule has 0 aliphatic rings. The van der Waals surface area contributed by atoms with Crippen LogP contribution in [0.2, 0.25) is 0 Å². The van der Waals surface area contributed by atoms with Gasteiger partial charge in [-0.3, -0.25) is 4.57 Å². The van der Waals surface area contributed by atoms with Crippen molar-refractivity contribution in [1.82, 2.24) is 9.55 Å². The van der Waals surface area contributed by atoms with E-state index in [0.717, 1.165) is 6.07 Å². The Kier molecular flexibility index (Phi) is 9.66. The van der Waals surface area contributed by atoms with Crippen LogP contribution in [0.5, 0.6) is 5.75 Å². The highest BCUT2D eigenvalue weighted by atomic mass is 79.9. The van der Waals surface area contributed by atoms with Gasteiger partial charge in [-0.15, -0.1) is 0 Å². The van der Waals surface area contributed by atoms with E-state index in [9.17, 15) is 19.6 Å². The standard InChI is InChI=1S/C32H38BrFN4O7/c1-16-14-21(34)23(42-29(41)45-32(10,11)12)18(3)22(16)37-25-19(13-17(2)24(33)36-25)20(15-35)26(37)38(27(39)43-30(4,5)6)28(40)44-31(7,8)9/h13-14H,1-12H3. The number of fused-ring (bicyclic) bond motifs is 1. The third kappa shape index (κ3) is 7.92. The molecule has 2 amide bonds. The molecule has 0 bridgehead atoms. The van der Waals surface area contributed by atoms with Crippen LogP contribution in [0.4, 0.5) is 24.6 Å². The second-order valence-electron chi connectivity index (χ2n) is 13.5. The number of ether oxygens (including phenoxy) is 4. The van der Waals surface area contributed by atoms with Gasteiger partial charge >= 0.3 is 18.3 Å². The Morgan fingerprint density at radius 1 is 0.889 bits per heavy atom. The Balaban J connectivity index is 2.53. The minimum absolute atomic E-state index is 0.0906. The predicted molar refractivity (Wildman–Crippen MR) is 169 cm³/mol. The molecule has 0 aliphatic carbocycles. The molecule has 0 radical (unpaired) electrons. The predicted octanol–water partition coefficient (Wildman–Crippen LogP) is 8.71. The normalized spacial score (nSPS) is 12.0. The smallest absolute Gasteiger partial charge is 0.443 e. The quantitative estimate of drug-likeness (QED) is 0.115. The molecule has 3 aromatic rings. The Bertz CT molecular complexity index is 1710. The van der Waals surface area contributed by atoms with E-state index in [0.29, 0.717) is 20.6 Å². The van der Waals surface area contributed by atoms with E-state index in [1.807, 2.05) is 0 Å². The van der Waals surface area contributed by atoms with Gasteiger partial charge in [0.25, 0.3) is 0 Å². The van der Waals surface area contributed by atoms with Gasteiger partial charge in [0.1, 0.15) is 38.7 Å². The van der Waals surface area contributed by atoms with Gasteiger partial charge in [-0.1, -0.05) is 0 Å². The van der Waals surface area contributed by atoms with Gasteiger partial charge in [0.15, 0.2) is 17.4 Å². The van der Waals surface area contributed by atoms with Crippen molar-refractivity contribution in [3.63, 3.8) is 0 Å². The third-order valence-corrected chi connectivity index (χ3v) is 6.75. The first-order valence-corrected chi connectivity index (χ1v) is 14.8. The number of nitrogens with zero attached hydrogens (tertiary/aromatic N) is 4. The number of nitriles is 1. The number of aryl methyl sites for hydroxylation is 2. The fraction of sp³-hybridized carbons (Fsp3) is 0.469. The number of hydrogen-bond donors (Lipinski definition) is 0. The van der Waals surface area contributed by atoms with Crippen molar-refractivity contribution >= 4 is 51.1 Å². The summed E-state index contributed by atoms with van der Waals surface area (Å²) in [5, 5.41) is 10.8. The molecule has 0 unspecified atom stereocenters. The first kappa shape index (κ1) is 35.3. The Hall–Kier alpha value is -4.18. The van der Waals surface area contributed by atoms with Crippen molar-refractivity contribution in [1.29, 1.82) is 5.26 Å². The lowest BCUT2D eigenvalue weighted by molar-refractivity contribution is 0.0195. The number of amides is 2. The van der Waals surface area contributed by atoms with Gasteiger partial charge in [0.2, 0.25) is 0 Å². The van der Waals surface area contributed by atoms with Crippen LogP contribution in [0.15, 0.2) is 16.7 Å². The Morgan fingerprint density at radius 2 is 1.40 bits per heavy atom. The van der Waals surface area contributed by atoms with Gasteiger partial charge in [-0.05, 0) is 122 Å². The van der Waals surface area contributed by atoms with E-state index in [-0.39, 0.29) is 33.7 Å². The fourth-order valence-corrected chi connectivity index (χ4v) is 4.68. The molecule has 0 atom stereocenters. The minimum atomic E-state index is -1.14. The molecular formula is C32H38BrFN4O7. The number of pyridine rings is 1. The number of imide groups is 1. The van der Waals surface area contributed by atoms with Gasteiger partial charge < -0.3 is 18.9 Å². The molecule has 3 rings (SSSR count). The lowest BCUT2D eigenvalue weighted by Gasteiger charge is -2.30. The molecule has 0 fully saturated rings. The summed E-state index contributed by atoms with van der Waals surface area (Å²) < 4.78 is 39.0. The van der Waals surface area contributed by atoms with Crippen LogP contribution in [0.25, 0.3) is 16.7 Å². The van der Waals surface area contributed by atoms with Crippen molar-refractivity contribution < 1.29 is 37.7 Å². The SMILES string of the molecule is Cc1cc2c(C#N)c(N(C(=O)OC(C)(C)C)C(=O)OC(C)(C)C)n(-c3c(C)cc(F)c(OC(=O)OC(C)(C)C)c3C)c2nc1Br. The van der Waals surface area contributed by atoms with Gasteiger partial charge in [0.05, 0.1) is 5.69 Å². The summed E-state index contributed by atoms with van der Waals surface area (Å²) in [5.41, 5.74) is -1.76. The number of halogens is 2. The highest BCUT2D eigenvalue weighted by Gasteiger charge is 2.39. The highest BCUT2D eigenvalue weighted by Crippen LogP contribution is 2.42. The molecule has 0 spiro atoms. The van der Waals surface area contributed by atoms with Crippen LogP contribution in [0.3, 0.4) is 0 Å². The highest BCUT2D eigenvalue weighted by molar-refractivity contribution is 9.10. The number of carbonyl (C=O) groups is 3. The Labute approximate surface area is 270 Å². The van der Waals surface area contributed by atoms with Gasteiger partial charge in [-0.25, -0.2) is 23.8 Å². The van der Waals surface area contributed by atoms with Crippen LogP contribution in [0.1, 0.15) is 84.6 Å². The molecule has 0 saturated carbocycles. The monoisotopic (exact) mass is 688 g/mol. The van der Waals surface area contributed by atoms with Crippen LogP contribution in [-0.2, 0) is 14.2 Å². The van der Waals surface area contributed by atoms with E-state index < -0.39 is 46.7 Å². The average molecular weight is 690 g/mol. The van der Waals surface area contributed by atoms with Gasteiger partial charge in [0, 0.05) is 10.9 Å². The second-order valence-corrected chi connectivity index (χ2v) is 14.2. The first-order valence-electron chi connectivity index (χ1n) is 14.0. The van der Waals surface area contributed by atoms with Crippen LogP contribution in [-0.4, -0.2) is 44.7 Å². The molecule has 45 heavy (non-hydrogen) atoms. The van der Waals surface area contributed by atoms with Crippen molar-refractivity contribution in [2.75, 3.05) is 4.90 Å². The van der Waals surface area contributed by atoms with E-state index in [4.69, 9.17) is 18.9 Å². The van der Waals surface area contributed by atoms with Crippen molar-refractivity contribution in [3.8, 4) is 17.5 Å². The summed E-state index contributed by atoms with van der Waals surface area (Å²) in [4.78, 5) is 45.5. The van der Waals surface area contributed by atoms with Crippen LogP contribution < -0.4 is 9.64 Å². The van der Waals surface area contributed by atoms with E-state index in [2.05, 4.69) is 27.0 Å². The molecule has 2 aromatic heterocycles. The third-order valence-electron chi connectivity index (χ3n) is 5.95. The van der Waals surface area contributed by atoms with Crippen LogP contribution >= 0.6 is 15.9 Å². The summed E-state index contributed by atoms with van der Waals surface area (Å²) in [5.74, 6) is -1.58. The number of aromatic nitrogens is 2. The lowest BCUT2D eigenvalue weighted by atomic mass is 10.1. The molecule has 242 valence electrons. The number of anilines is 1. The topological polar surface area (TPSA) is 133 Å². The van der Waals surface area contributed by atoms with E-state index in [1.54, 1.807) is 82.2 Å². The molecule has 0 saturated heterocycles. The van der Waals surface area contributed by atoms with E-state index in [1.165, 1.54) is 11.5 Å². The van der Waals surface area contributed by atoms with Crippen LogP contribution in [0, 0.1) is 37.9 Å². The molecule has 2 heterocycles. The number of benzene rings is 1. The largest absolute Gasteiger partial charge is 0.514 e. The summed E-state index contributed by atoms with van der Waals surface area (Å²) in [6.45, 7) is 19.4. The second kappa shape index (κ2) is 12.3. The zero-order chi connectivity index (χ0) is 34.4. The number of hydrogen-bond acceptors (Lipinski definition) is 9. The first-order chi connectivity index (χ1) is 20.5. The summed E-state index contributed by atoms with van der Waals surface area (Å²) in [7, 11) is 0. The summed E-state index contributed by atoms with van der Waals surface area (Å²) >= 11 is 3.43. The van der Waals surface area contributed by atoms with E-state index >= 15 is 4.39 Å². The maximum Gasteiger partial charge on any atom is 0.514 e. The Morgan fingerprint density at radius 3 is 1.87 bits per heavy atom. The fourth-order valence-electron chi connectivity index (χ4n) is 4.40. The molecular weight excluding hydrogens is 651 g/mol. The molecule has 11 nitrogen and oxygen atoms in total.